The third-order valence-electron chi connectivity index (χ3n) is 3.30. The Hall–Kier alpha value is -2.01. The predicted octanol–water partition coefficient (Wildman–Crippen LogP) is 2.78. The summed E-state index contributed by atoms with van der Waals surface area (Å²) in [6, 6.07) is 15.4. The predicted molar refractivity (Wildman–Crippen MR) is 86.0 cm³/mol. The molecule has 0 spiro atoms. The van der Waals surface area contributed by atoms with E-state index in [4.69, 9.17) is 0 Å². The van der Waals surface area contributed by atoms with E-state index in [9.17, 15) is 13.4 Å². The Morgan fingerprint density at radius 1 is 1.09 bits per heavy atom. The van der Waals surface area contributed by atoms with Crippen molar-refractivity contribution in [3.8, 4) is 0 Å². The second-order valence-corrected chi connectivity index (χ2v) is 6.75. The summed E-state index contributed by atoms with van der Waals surface area (Å²) >= 11 is 0. The molecule has 22 heavy (non-hydrogen) atoms. The van der Waals surface area contributed by atoms with Gasteiger partial charge in [0.2, 0.25) is 5.91 Å². The summed E-state index contributed by atoms with van der Waals surface area (Å²) < 4.78 is 25.0. The highest BCUT2D eigenvalue weighted by atomic mass is 32.2. The molecule has 0 aliphatic carbocycles. The number of nitrogens with one attached hydrogen (secondary N) is 1. The van der Waals surface area contributed by atoms with Gasteiger partial charge in [-0.05, 0) is 30.2 Å². The molecule has 0 aliphatic heterocycles. The van der Waals surface area contributed by atoms with Crippen molar-refractivity contribution < 1.29 is 13.4 Å². The molecule has 2 aromatic carbocycles. The van der Waals surface area contributed by atoms with Crippen LogP contribution in [0.5, 0.6) is 0 Å². The van der Waals surface area contributed by atoms with Crippen molar-refractivity contribution in [2.75, 3.05) is 0 Å². The average Bonchev–Trinajstić information content (AvgIpc) is 2.55. The van der Waals surface area contributed by atoms with E-state index in [1.807, 2.05) is 30.3 Å². The number of benzene rings is 2. The fourth-order valence-corrected chi connectivity index (χ4v) is 3.01. The summed E-state index contributed by atoms with van der Waals surface area (Å²) in [7, 11) is -1.34. The summed E-state index contributed by atoms with van der Waals surface area (Å²) in [5, 5.41) is 2.17. The number of carbonyl (C=O) groups excluding carboxylic acids is 1. The van der Waals surface area contributed by atoms with Crippen LogP contribution in [0.25, 0.3) is 0 Å². The Morgan fingerprint density at radius 2 is 1.73 bits per heavy atom. The van der Waals surface area contributed by atoms with Gasteiger partial charge in [0.15, 0.2) is 0 Å². The Morgan fingerprint density at radius 3 is 2.36 bits per heavy atom. The highest BCUT2D eigenvalue weighted by Crippen LogP contribution is 2.09. The third-order valence-corrected chi connectivity index (χ3v) is 4.92. The number of amides is 1. The monoisotopic (exact) mass is 319 g/mol. The number of hydrogen-bond acceptors (Lipinski definition) is 2. The van der Waals surface area contributed by atoms with Gasteiger partial charge in [-0.1, -0.05) is 42.5 Å². The van der Waals surface area contributed by atoms with Gasteiger partial charge in [0.05, 0.1) is 0 Å². The zero-order valence-corrected chi connectivity index (χ0v) is 13.1. The molecule has 2 aromatic rings. The number of halogens is 1. The molecule has 1 N–H and O–H groups in total. The molecule has 0 bridgehead atoms. The van der Waals surface area contributed by atoms with E-state index < -0.39 is 16.0 Å². The molecule has 2 atom stereocenters. The average molecular weight is 319 g/mol. The van der Waals surface area contributed by atoms with Gasteiger partial charge in [0.1, 0.15) is 11.1 Å². The number of carbonyl (C=O) groups is 1. The van der Waals surface area contributed by atoms with Gasteiger partial charge in [0.25, 0.3) is 0 Å². The van der Waals surface area contributed by atoms with Crippen LogP contribution >= 0.6 is 0 Å². The first kappa shape index (κ1) is 16.4. The van der Waals surface area contributed by atoms with Crippen LogP contribution < -0.4 is 5.32 Å². The van der Waals surface area contributed by atoms with Crippen LogP contribution in [0.4, 0.5) is 4.39 Å². The Labute approximate surface area is 132 Å². The molecule has 0 fully saturated rings. The van der Waals surface area contributed by atoms with Gasteiger partial charge in [-0.15, -0.1) is 0 Å². The van der Waals surface area contributed by atoms with E-state index in [0.717, 1.165) is 11.1 Å². The molecule has 0 saturated carbocycles. The van der Waals surface area contributed by atoms with Crippen LogP contribution in [-0.4, -0.2) is 15.4 Å². The van der Waals surface area contributed by atoms with Crippen LogP contribution in [-0.2, 0) is 27.9 Å². The topological polar surface area (TPSA) is 46.2 Å². The van der Waals surface area contributed by atoms with Crippen molar-refractivity contribution in [1.82, 2.24) is 5.32 Å². The van der Waals surface area contributed by atoms with Crippen molar-refractivity contribution in [3.63, 3.8) is 0 Å². The number of rotatable bonds is 6. The first-order chi connectivity index (χ1) is 10.6. The van der Waals surface area contributed by atoms with Crippen LogP contribution in [0.2, 0.25) is 0 Å². The maximum atomic E-state index is 12.8. The SMILES string of the molecule is CC(C(=O)NCc1ccccc1)S(=O)Cc1ccc(F)cc1. The summed E-state index contributed by atoms with van der Waals surface area (Å²) in [4.78, 5) is 12.0. The van der Waals surface area contributed by atoms with E-state index in [1.54, 1.807) is 19.1 Å². The maximum absolute atomic E-state index is 12.8. The molecule has 2 unspecified atom stereocenters. The Balaban J connectivity index is 1.86. The second-order valence-electron chi connectivity index (χ2n) is 5.00. The second kappa shape index (κ2) is 7.84. The Bertz CT molecular complexity index is 643. The molecular formula is C17H18FNO2S. The molecule has 0 aromatic heterocycles. The van der Waals surface area contributed by atoms with E-state index in [0.29, 0.717) is 6.54 Å². The van der Waals surface area contributed by atoms with Crippen LogP contribution in [0, 0.1) is 5.82 Å². The van der Waals surface area contributed by atoms with E-state index in [1.165, 1.54) is 12.1 Å². The zero-order chi connectivity index (χ0) is 15.9. The van der Waals surface area contributed by atoms with Crippen molar-refractivity contribution in [1.29, 1.82) is 0 Å². The molecular weight excluding hydrogens is 301 g/mol. The van der Waals surface area contributed by atoms with Crippen LogP contribution in [0.1, 0.15) is 18.1 Å². The van der Waals surface area contributed by atoms with Crippen molar-refractivity contribution in [3.05, 3.63) is 71.5 Å². The lowest BCUT2D eigenvalue weighted by atomic mass is 10.2. The molecule has 0 heterocycles. The molecule has 2 rings (SSSR count). The normalized spacial score (nSPS) is 13.4. The van der Waals surface area contributed by atoms with Crippen molar-refractivity contribution in [2.45, 2.75) is 24.5 Å². The summed E-state index contributed by atoms with van der Waals surface area (Å²) in [5.74, 6) is -0.340. The molecule has 5 heteroatoms. The molecule has 0 saturated heterocycles. The van der Waals surface area contributed by atoms with E-state index in [2.05, 4.69) is 5.32 Å². The smallest absolute Gasteiger partial charge is 0.235 e. The molecule has 3 nitrogen and oxygen atoms in total. The minimum absolute atomic E-state index is 0.236. The van der Waals surface area contributed by atoms with Gasteiger partial charge < -0.3 is 5.32 Å². The third kappa shape index (κ3) is 4.77. The van der Waals surface area contributed by atoms with Crippen LogP contribution in [0.3, 0.4) is 0 Å². The quantitative estimate of drug-likeness (QED) is 0.890. The lowest BCUT2D eigenvalue weighted by Gasteiger charge is -2.12. The first-order valence-electron chi connectivity index (χ1n) is 6.99. The molecule has 0 aliphatic rings. The minimum atomic E-state index is -1.34. The van der Waals surface area contributed by atoms with Crippen molar-refractivity contribution >= 4 is 16.7 Å². The molecule has 116 valence electrons. The summed E-state index contributed by atoms with van der Waals surface area (Å²) in [6.07, 6.45) is 0. The van der Waals surface area contributed by atoms with E-state index >= 15 is 0 Å². The van der Waals surface area contributed by atoms with Gasteiger partial charge in [-0.2, -0.15) is 0 Å². The lowest BCUT2D eigenvalue weighted by Crippen LogP contribution is -2.35. The number of hydrogen-bond donors (Lipinski definition) is 1. The standard InChI is InChI=1S/C17H18FNO2S/c1-13(17(20)19-11-14-5-3-2-4-6-14)22(21)12-15-7-9-16(18)10-8-15/h2-10,13H,11-12H2,1H3,(H,19,20). The fourth-order valence-electron chi connectivity index (χ4n) is 1.92. The van der Waals surface area contributed by atoms with Gasteiger partial charge in [-0.25, -0.2) is 4.39 Å². The Kier molecular flexibility index (Phi) is 5.83. The zero-order valence-electron chi connectivity index (χ0n) is 12.3. The highest BCUT2D eigenvalue weighted by molar-refractivity contribution is 7.85. The molecule has 1 amide bonds. The van der Waals surface area contributed by atoms with Crippen LogP contribution in [0.15, 0.2) is 54.6 Å². The summed E-state index contributed by atoms with van der Waals surface area (Å²) in [6.45, 7) is 2.05. The highest BCUT2D eigenvalue weighted by Gasteiger charge is 2.19. The van der Waals surface area contributed by atoms with Gasteiger partial charge in [-0.3, -0.25) is 9.00 Å². The van der Waals surface area contributed by atoms with Gasteiger partial charge in [0, 0.05) is 23.1 Å². The van der Waals surface area contributed by atoms with E-state index in [-0.39, 0.29) is 17.5 Å². The lowest BCUT2D eigenvalue weighted by molar-refractivity contribution is -0.120. The largest absolute Gasteiger partial charge is 0.351 e. The minimum Gasteiger partial charge on any atom is -0.351 e. The first-order valence-corrected chi connectivity index (χ1v) is 8.37. The molecule has 0 radical (unpaired) electrons. The summed E-state index contributed by atoms with van der Waals surface area (Å²) in [5.41, 5.74) is 1.75. The fraction of sp³-hybridized carbons (Fsp3) is 0.235. The van der Waals surface area contributed by atoms with Gasteiger partial charge >= 0.3 is 0 Å². The maximum Gasteiger partial charge on any atom is 0.235 e. The van der Waals surface area contributed by atoms with Crippen molar-refractivity contribution in [2.24, 2.45) is 0 Å².